The van der Waals surface area contributed by atoms with Crippen LogP contribution in [-0.4, -0.2) is 49.4 Å². The molecule has 1 aliphatic rings. The number of fused-ring (bicyclic) bond motifs is 1. The average Bonchev–Trinajstić information content (AvgIpc) is 2.99. The van der Waals surface area contributed by atoms with Crippen molar-refractivity contribution in [3.63, 3.8) is 0 Å². The first kappa shape index (κ1) is 11.8. The summed E-state index contributed by atoms with van der Waals surface area (Å²) in [6.07, 6.45) is 3.70. The molecule has 1 saturated heterocycles. The number of anilines is 1. The van der Waals surface area contributed by atoms with Crippen molar-refractivity contribution in [1.29, 1.82) is 0 Å². The first-order valence-electron chi connectivity index (χ1n) is 5.88. The quantitative estimate of drug-likeness (QED) is 0.809. The standard InChI is InChI=1S/C11H13N5O3/c1-7-14-15-9-8(12-3-4-16(7)9)13-11(10(17)18)2-5-19-6-11/h3-4H,2,5-6H2,1H3,(H,12,13)(H,17,18). The minimum Gasteiger partial charge on any atom is -0.479 e. The van der Waals surface area contributed by atoms with Crippen LogP contribution in [0.1, 0.15) is 12.2 Å². The first-order chi connectivity index (χ1) is 9.12. The Bertz CT molecular complexity index is 632. The van der Waals surface area contributed by atoms with Gasteiger partial charge >= 0.3 is 5.97 Å². The molecule has 0 amide bonds. The van der Waals surface area contributed by atoms with E-state index < -0.39 is 11.5 Å². The van der Waals surface area contributed by atoms with Crippen molar-refractivity contribution < 1.29 is 14.6 Å². The smallest absolute Gasteiger partial charge is 0.331 e. The van der Waals surface area contributed by atoms with Crippen molar-refractivity contribution in [3.05, 3.63) is 18.2 Å². The van der Waals surface area contributed by atoms with Gasteiger partial charge in [-0.05, 0) is 6.92 Å². The zero-order chi connectivity index (χ0) is 13.5. The van der Waals surface area contributed by atoms with Crippen molar-refractivity contribution in [3.8, 4) is 0 Å². The molecule has 3 heterocycles. The van der Waals surface area contributed by atoms with Gasteiger partial charge in [-0.1, -0.05) is 0 Å². The molecule has 0 aromatic carbocycles. The minimum absolute atomic E-state index is 0.109. The fourth-order valence-corrected chi connectivity index (χ4v) is 2.14. The molecule has 19 heavy (non-hydrogen) atoms. The zero-order valence-corrected chi connectivity index (χ0v) is 10.3. The van der Waals surface area contributed by atoms with Crippen molar-refractivity contribution in [2.24, 2.45) is 0 Å². The maximum absolute atomic E-state index is 11.5. The molecule has 1 aliphatic heterocycles. The molecule has 3 rings (SSSR count). The number of carbonyl (C=O) groups is 1. The van der Waals surface area contributed by atoms with Crippen LogP contribution < -0.4 is 5.32 Å². The van der Waals surface area contributed by atoms with Gasteiger partial charge in [0.1, 0.15) is 5.82 Å². The van der Waals surface area contributed by atoms with Gasteiger partial charge in [0.25, 0.3) is 0 Å². The van der Waals surface area contributed by atoms with Gasteiger partial charge in [0, 0.05) is 25.4 Å². The maximum Gasteiger partial charge on any atom is 0.331 e. The molecule has 2 aromatic heterocycles. The van der Waals surface area contributed by atoms with E-state index in [9.17, 15) is 9.90 Å². The molecule has 8 heteroatoms. The molecular weight excluding hydrogens is 250 g/mol. The lowest BCUT2D eigenvalue weighted by Crippen LogP contribution is -2.47. The van der Waals surface area contributed by atoms with E-state index >= 15 is 0 Å². The highest BCUT2D eigenvalue weighted by molar-refractivity contribution is 5.84. The van der Waals surface area contributed by atoms with Crippen LogP contribution in [0.5, 0.6) is 0 Å². The van der Waals surface area contributed by atoms with Crippen LogP contribution in [-0.2, 0) is 9.53 Å². The predicted molar refractivity (Wildman–Crippen MR) is 64.9 cm³/mol. The molecule has 2 aromatic rings. The summed E-state index contributed by atoms with van der Waals surface area (Å²) in [6, 6.07) is 0. The molecule has 100 valence electrons. The highest BCUT2D eigenvalue weighted by atomic mass is 16.5. The number of aryl methyl sites for hydroxylation is 1. The first-order valence-corrected chi connectivity index (χ1v) is 5.88. The third kappa shape index (κ3) is 1.80. The Morgan fingerprint density at radius 3 is 3.11 bits per heavy atom. The number of aromatic nitrogens is 4. The topological polar surface area (TPSA) is 102 Å². The number of carboxylic acid groups (broad SMARTS) is 1. The van der Waals surface area contributed by atoms with Gasteiger partial charge in [-0.25, -0.2) is 9.78 Å². The second-order valence-corrected chi connectivity index (χ2v) is 4.53. The van der Waals surface area contributed by atoms with Crippen LogP contribution in [0.15, 0.2) is 12.4 Å². The Balaban J connectivity index is 2.03. The van der Waals surface area contributed by atoms with Crippen LogP contribution in [0.3, 0.4) is 0 Å². The fourth-order valence-electron chi connectivity index (χ4n) is 2.14. The average molecular weight is 263 g/mol. The Kier molecular flexibility index (Phi) is 2.59. The van der Waals surface area contributed by atoms with Crippen LogP contribution >= 0.6 is 0 Å². The van der Waals surface area contributed by atoms with Crippen molar-refractivity contribution in [1.82, 2.24) is 19.6 Å². The van der Waals surface area contributed by atoms with E-state index in [4.69, 9.17) is 4.74 Å². The lowest BCUT2D eigenvalue weighted by molar-refractivity contribution is -0.142. The molecule has 0 saturated carbocycles. The van der Waals surface area contributed by atoms with Crippen LogP contribution in [0, 0.1) is 6.92 Å². The summed E-state index contributed by atoms with van der Waals surface area (Å²) in [5.74, 6) is 0.161. The Morgan fingerprint density at radius 1 is 1.58 bits per heavy atom. The molecule has 0 spiro atoms. The van der Waals surface area contributed by atoms with Crippen molar-refractivity contribution in [2.75, 3.05) is 18.5 Å². The normalized spacial score (nSPS) is 22.8. The van der Waals surface area contributed by atoms with Gasteiger partial charge in [-0.15, -0.1) is 10.2 Å². The number of ether oxygens (including phenoxy) is 1. The Labute approximate surface area is 108 Å². The fraction of sp³-hybridized carbons (Fsp3) is 0.455. The predicted octanol–water partition coefficient (Wildman–Crippen LogP) is 0.0883. The van der Waals surface area contributed by atoms with E-state index in [1.165, 1.54) is 0 Å². The number of carboxylic acids is 1. The Morgan fingerprint density at radius 2 is 2.42 bits per heavy atom. The number of rotatable bonds is 3. The number of nitrogens with zero attached hydrogens (tertiary/aromatic N) is 4. The third-order valence-electron chi connectivity index (χ3n) is 3.29. The second kappa shape index (κ2) is 4.16. The summed E-state index contributed by atoms with van der Waals surface area (Å²) in [4.78, 5) is 15.6. The number of nitrogens with one attached hydrogen (secondary N) is 1. The van der Waals surface area contributed by atoms with Crippen LogP contribution in [0.25, 0.3) is 5.65 Å². The Hall–Kier alpha value is -2.22. The molecule has 0 bridgehead atoms. The molecule has 0 radical (unpaired) electrons. The lowest BCUT2D eigenvalue weighted by atomic mass is 9.99. The number of hydrogen-bond donors (Lipinski definition) is 2. The molecule has 2 N–H and O–H groups in total. The summed E-state index contributed by atoms with van der Waals surface area (Å²) < 4.78 is 6.95. The van der Waals surface area contributed by atoms with Gasteiger partial charge in [0.15, 0.2) is 11.4 Å². The third-order valence-corrected chi connectivity index (χ3v) is 3.29. The van der Waals surface area contributed by atoms with Crippen molar-refractivity contribution in [2.45, 2.75) is 18.9 Å². The van der Waals surface area contributed by atoms with E-state index in [0.717, 1.165) is 0 Å². The van der Waals surface area contributed by atoms with Crippen LogP contribution in [0.2, 0.25) is 0 Å². The summed E-state index contributed by atoms with van der Waals surface area (Å²) >= 11 is 0. The monoisotopic (exact) mass is 263 g/mol. The highest BCUT2D eigenvalue weighted by Crippen LogP contribution is 2.25. The van der Waals surface area contributed by atoms with E-state index in [2.05, 4.69) is 20.5 Å². The number of hydrogen-bond acceptors (Lipinski definition) is 6. The molecule has 8 nitrogen and oxygen atoms in total. The second-order valence-electron chi connectivity index (χ2n) is 4.53. The summed E-state index contributed by atoms with van der Waals surface area (Å²) in [7, 11) is 0. The van der Waals surface area contributed by atoms with E-state index in [1.807, 2.05) is 6.92 Å². The molecule has 1 atom stereocenters. The van der Waals surface area contributed by atoms with E-state index in [-0.39, 0.29) is 6.61 Å². The summed E-state index contributed by atoms with van der Waals surface area (Å²) in [5, 5.41) is 20.3. The number of aliphatic carboxylic acids is 1. The molecule has 0 aliphatic carbocycles. The van der Waals surface area contributed by atoms with Gasteiger partial charge in [-0.3, -0.25) is 4.40 Å². The van der Waals surface area contributed by atoms with Gasteiger partial charge in [0.05, 0.1) is 6.61 Å². The van der Waals surface area contributed by atoms with Crippen LogP contribution in [0.4, 0.5) is 5.82 Å². The maximum atomic E-state index is 11.5. The molecule has 1 unspecified atom stereocenters. The largest absolute Gasteiger partial charge is 0.479 e. The molecular formula is C11H13N5O3. The van der Waals surface area contributed by atoms with E-state index in [0.29, 0.717) is 30.3 Å². The van der Waals surface area contributed by atoms with Gasteiger partial charge in [0.2, 0.25) is 5.65 Å². The zero-order valence-electron chi connectivity index (χ0n) is 10.3. The molecule has 1 fully saturated rings. The highest BCUT2D eigenvalue weighted by Gasteiger charge is 2.43. The minimum atomic E-state index is -1.14. The van der Waals surface area contributed by atoms with Crippen molar-refractivity contribution >= 4 is 17.4 Å². The summed E-state index contributed by atoms with van der Waals surface area (Å²) in [5.41, 5.74) is -0.637. The summed E-state index contributed by atoms with van der Waals surface area (Å²) in [6.45, 7) is 2.34. The van der Waals surface area contributed by atoms with Gasteiger partial charge < -0.3 is 15.2 Å². The van der Waals surface area contributed by atoms with Gasteiger partial charge in [-0.2, -0.15) is 0 Å². The van der Waals surface area contributed by atoms with E-state index in [1.54, 1.807) is 16.8 Å². The SMILES string of the molecule is Cc1nnc2c(NC3(C(=O)O)CCOC3)nccn12. The lowest BCUT2D eigenvalue weighted by Gasteiger charge is -2.24.